The first kappa shape index (κ1) is 18.0. The minimum absolute atomic E-state index is 0.125. The van der Waals surface area contributed by atoms with E-state index in [4.69, 9.17) is 5.11 Å². The van der Waals surface area contributed by atoms with Crippen molar-refractivity contribution >= 4 is 27.8 Å². The molecule has 118 valence electrons. The zero-order valence-corrected chi connectivity index (χ0v) is 13.8. The second kappa shape index (κ2) is 8.41. The number of nitrogens with one attached hydrogen (secondary N) is 1. The first-order chi connectivity index (χ1) is 9.85. The minimum atomic E-state index is -3.64. The molecule has 0 bridgehead atoms. The third-order valence-electron chi connectivity index (χ3n) is 3.07. The molecule has 5 nitrogen and oxygen atoms in total. The van der Waals surface area contributed by atoms with E-state index in [2.05, 4.69) is 4.72 Å². The number of carboxylic acid groups (broad SMARTS) is 1. The maximum Gasteiger partial charge on any atom is 0.321 e. The van der Waals surface area contributed by atoms with Crippen LogP contribution in [0.4, 0.5) is 0 Å². The van der Waals surface area contributed by atoms with Gasteiger partial charge in [0.05, 0.1) is 5.75 Å². The number of hydrogen-bond acceptors (Lipinski definition) is 4. The van der Waals surface area contributed by atoms with Crippen LogP contribution < -0.4 is 4.72 Å². The third-order valence-corrected chi connectivity index (χ3v) is 5.30. The molecule has 1 rings (SSSR count). The van der Waals surface area contributed by atoms with Crippen LogP contribution in [0.5, 0.6) is 0 Å². The maximum absolute atomic E-state index is 12.1. The summed E-state index contributed by atoms with van der Waals surface area (Å²) in [6, 6.07) is 8.23. The lowest BCUT2D eigenvalue weighted by Gasteiger charge is -2.17. The average Bonchev–Trinajstić information content (AvgIpc) is 2.43. The zero-order valence-electron chi connectivity index (χ0n) is 12.2. The molecule has 0 heterocycles. The van der Waals surface area contributed by atoms with Gasteiger partial charge in [0, 0.05) is 0 Å². The van der Waals surface area contributed by atoms with E-state index in [1.165, 1.54) is 11.8 Å². The summed E-state index contributed by atoms with van der Waals surface area (Å²) in [6.45, 7) is 1.81. The lowest BCUT2D eigenvalue weighted by Crippen LogP contribution is -2.42. The molecule has 7 heteroatoms. The summed E-state index contributed by atoms with van der Waals surface area (Å²) in [4.78, 5) is 11.1. The predicted molar refractivity (Wildman–Crippen MR) is 86.2 cm³/mol. The molecule has 21 heavy (non-hydrogen) atoms. The van der Waals surface area contributed by atoms with Crippen LogP contribution in [-0.4, -0.2) is 43.3 Å². The highest BCUT2D eigenvalue weighted by atomic mass is 32.2. The summed E-state index contributed by atoms with van der Waals surface area (Å²) in [5.41, 5.74) is 0.916. The Balaban J connectivity index is 2.69. The molecule has 0 amide bonds. The molecule has 2 N–H and O–H groups in total. The average molecular weight is 331 g/mol. The standard InChI is InChI=1S/C14H21NO4S2/c1-11(12-6-4-3-5-7-12)10-21(18,19)15-13(14(16)17)8-9-20-2/h3-7,11,13,15H,8-10H2,1-2H3,(H,16,17). The fraction of sp³-hybridized carbons (Fsp3) is 0.500. The molecule has 0 spiro atoms. The van der Waals surface area contributed by atoms with Gasteiger partial charge < -0.3 is 5.11 Å². The van der Waals surface area contributed by atoms with E-state index in [0.717, 1.165) is 5.56 Å². The van der Waals surface area contributed by atoms with Crippen LogP contribution in [-0.2, 0) is 14.8 Å². The van der Waals surface area contributed by atoms with Gasteiger partial charge in [0.2, 0.25) is 10.0 Å². The van der Waals surface area contributed by atoms with Crippen LogP contribution in [0.2, 0.25) is 0 Å². The van der Waals surface area contributed by atoms with Crippen LogP contribution in [0, 0.1) is 0 Å². The van der Waals surface area contributed by atoms with Gasteiger partial charge >= 0.3 is 5.97 Å². The van der Waals surface area contributed by atoms with Crippen LogP contribution in [0.15, 0.2) is 30.3 Å². The number of thioether (sulfide) groups is 1. The molecule has 0 saturated carbocycles. The maximum atomic E-state index is 12.1. The number of sulfonamides is 1. The highest BCUT2D eigenvalue weighted by Gasteiger charge is 2.25. The molecular formula is C14H21NO4S2. The lowest BCUT2D eigenvalue weighted by molar-refractivity contribution is -0.139. The number of carboxylic acids is 1. The number of hydrogen-bond donors (Lipinski definition) is 2. The molecule has 2 unspecified atom stereocenters. The fourth-order valence-corrected chi connectivity index (χ4v) is 4.01. The monoisotopic (exact) mass is 331 g/mol. The SMILES string of the molecule is CSCCC(NS(=O)(=O)CC(C)c1ccccc1)C(=O)O. The highest BCUT2D eigenvalue weighted by Crippen LogP contribution is 2.16. The summed E-state index contributed by atoms with van der Waals surface area (Å²) >= 11 is 1.49. The van der Waals surface area contributed by atoms with E-state index in [-0.39, 0.29) is 18.1 Å². The topological polar surface area (TPSA) is 83.5 Å². The van der Waals surface area contributed by atoms with Crippen molar-refractivity contribution in [3.05, 3.63) is 35.9 Å². The van der Waals surface area contributed by atoms with Crippen molar-refractivity contribution in [2.75, 3.05) is 17.8 Å². The Morgan fingerprint density at radius 3 is 2.48 bits per heavy atom. The molecule has 2 atom stereocenters. The molecule has 0 fully saturated rings. The van der Waals surface area contributed by atoms with Crippen LogP contribution in [0.1, 0.15) is 24.8 Å². The fourth-order valence-electron chi connectivity index (χ4n) is 1.94. The quantitative estimate of drug-likeness (QED) is 0.722. The van der Waals surface area contributed by atoms with Gasteiger partial charge in [0.25, 0.3) is 0 Å². The molecule has 0 aliphatic heterocycles. The van der Waals surface area contributed by atoms with E-state index in [1.54, 1.807) is 0 Å². The Morgan fingerprint density at radius 1 is 1.33 bits per heavy atom. The van der Waals surface area contributed by atoms with Gasteiger partial charge in [-0.3, -0.25) is 4.79 Å². The highest BCUT2D eigenvalue weighted by molar-refractivity contribution is 7.98. The molecule has 0 radical (unpaired) electrons. The summed E-state index contributed by atoms with van der Waals surface area (Å²) < 4.78 is 26.5. The third kappa shape index (κ3) is 6.50. The lowest BCUT2D eigenvalue weighted by atomic mass is 10.0. The van der Waals surface area contributed by atoms with Crippen molar-refractivity contribution in [1.82, 2.24) is 4.72 Å². The van der Waals surface area contributed by atoms with E-state index >= 15 is 0 Å². The Kier molecular flexibility index (Phi) is 7.21. The summed E-state index contributed by atoms with van der Waals surface area (Å²) in [5.74, 6) is -0.868. The van der Waals surface area contributed by atoms with Gasteiger partial charge in [-0.2, -0.15) is 11.8 Å². The van der Waals surface area contributed by atoms with Crippen molar-refractivity contribution in [3.63, 3.8) is 0 Å². The van der Waals surface area contributed by atoms with Crippen molar-refractivity contribution < 1.29 is 18.3 Å². The number of benzene rings is 1. The van der Waals surface area contributed by atoms with Gasteiger partial charge in [0.1, 0.15) is 6.04 Å². The van der Waals surface area contributed by atoms with Crippen LogP contribution in [0.3, 0.4) is 0 Å². The zero-order chi connectivity index (χ0) is 15.9. The van der Waals surface area contributed by atoms with Gasteiger partial charge in [-0.1, -0.05) is 37.3 Å². The second-order valence-electron chi connectivity index (χ2n) is 4.88. The number of rotatable bonds is 9. The van der Waals surface area contributed by atoms with Crippen LogP contribution >= 0.6 is 11.8 Å². The molecular weight excluding hydrogens is 310 g/mol. The van der Waals surface area contributed by atoms with E-state index < -0.39 is 22.0 Å². The van der Waals surface area contributed by atoms with Crippen molar-refractivity contribution in [1.29, 1.82) is 0 Å². The summed E-state index contributed by atoms with van der Waals surface area (Å²) in [5, 5.41) is 9.08. The Labute approximate surface area is 130 Å². The largest absolute Gasteiger partial charge is 0.480 e. The van der Waals surface area contributed by atoms with Crippen molar-refractivity contribution in [3.8, 4) is 0 Å². The van der Waals surface area contributed by atoms with Gasteiger partial charge in [-0.15, -0.1) is 0 Å². The molecule has 1 aromatic rings. The van der Waals surface area contributed by atoms with E-state index in [9.17, 15) is 13.2 Å². The molecule has 0 aromatic heterocycles. The first-order valence-corrected chi connectivity index (χ1v) is 9.67. The van der Waals surface area contributed by atoms with Gasteiger partial charge in [-0.25, -0.2) is 13.1 Å². The summed E-state index contributed by atoms with van der Waals surface area (Å²) in [7, 11) is -3.64. The predicted octanol–water partition coefficient (Wildman–Crippen LogP) is 1.92. The minimum Gasteiger partial charge on any atom is -0.480 e. The molecule has 1 aromatic carbocycles. The Bertz CT molecular complexity index is 545. The van der Waals surface area contributed by atoms with Crippen molar-refractivity contribution in [2.45, 2.75) is 25.3 Å². The first-order valence-electron chi connectivity index (χ1n) is 6.62. The van der Waals surface area contributed by atoms with E-state index in [0.29, 0.717) is 5.75 Å². The number of carbonyl (C=O) groups is 1. The molecule has 0 aliphatic rings. The molecule has 0 aliphatic carbocycles. The van der Waals surface area contributed by atoms with Crippen molar-refractivity contribution in [2.24, 2.45) is 0 Å². The second-order valence-corrected chi connectivity index (χ2v) is 7.67. The summed E-state index contributed by atoms with van der Waals surface area (Å²) in [6.07, 6.45) is 2.13. The van der Waals surface area contributed by atoms with Crippen LogP contribution in [0.25, 0.3) is 0 Å². The van der Waals surface area contributed by atoms with Gasteiger partial charge in [-0.05, 0) is 29.9 Å². The smallest absolute Gasteiger partial charge is 0.321 e. The van der Waals surface area contributed by atoms with Gasteiger partial charge in [0.15, 0.2) is 0 Å². The van der Waals surface area contributed by atoms with E-state index in [1.807, 2.05) is 43.5 Å². The Hall–Kier alpha value is -1.05. The number of aliphatic carboxylic acids is 1. The normalized spacial score (nSPS) is 14.6. The Morgan fingerprint density at radius 2 is 1.95 bits per heavy atom. The molecule has 0 saturated heterocycles.